The summed E-state index contributed by atoms with van der Waals surface area (Å²) in [4.78, 5) is 56.7. The summed E-state index contributed by atoms with van der Waals surface area (Å²) in [5.41, 5.74) is -0.730. The van der Waals surface area contributed by atoms with Crippen LogP contribution in [-0.2, 0) is 14.3 Å². The topological polar surface area (TPSA) is 90.0 Å². The number of Topliss-reactive ketones (excluding diaryl/α,β-unsaturated/α-hetero) is 2. The first-order valence-corrected chi connectivity index (χ1v) is 12.6. The third-order valence-corrected chi connectivity index (χ3v) is 7.72. The standard InChI is InChI=1S/C32H21NO6/c34-28-23-13-7-8-14-24(23)29(35)32(28)26-25(27(39-32)19-9-3-1-4-10-19)30(36)33(31(26)37)20-15-17-22(18-16-20)38-21-11-5-2-6-12-21/h1-18,25-27H/t25-,26-,27+/m0/s1. The Hall–Kier alpha value is -4.88. The molecular formula is C32H21NO6. The molecule has 0 unspecified atom stereocenters. The van der Waals surface area contributed by atoms with E-state index in [1.54, 1.807) is 72.8 Å². The lowest BCUT2D eigenvalue weighted by Gasteiger charge is -2.27. The van der Waals surface area contributed by atoms with Crippen LogP contribution in [0.25, 0.3) is 0 Å². The second-order valence-electron chi connectivity index (χ2n) is 9.81. The van der Waals surface area contributed by atoms with Gasteiger partial charge in [-0.25, -0.2) is 4.90 Å². The molecule has 39 heavy (non-hydrogen) atoms. The molecule has 7 heteroatoms. The van der Waals surface area contributed by atoms with Crippen LogP contribution >= 0.6 is 0 Å². The van der Waals surface area contributed by atoms with Gasteiger partial charge in [0.25, 0.3) is 0 Å². The fourth-order valence-corrected chi connectivity index (χ4v) is 6.00. The number of rotatable bonds is 4. The highest BCUT2D eigenvalue weighted by atomic mass is 16.5. The predicted octanol–water partition coefficient (Wildman–Crippen LogP) is 5.17. The fraction of sp³-hybridized carbons (Fsp3) is 0.125. The molecule has 2 heterocycles. The molecule has 2 saturated heterocycles. The fourth-order valence-electron chi connectivity index (χ4n) is 6.00. The summed E-state index contributed by atoms with van der Waals surface area (Å²) in [5.74, 6) is -3.44. The van der Waals surface area contributed by atoms with Gasteiger partial charge in [0.05, 0.1) is 23.6 Å². The van der Waals surface area contributed by atoms with Crippen molar-refractivity contribution in [2.75, 3.05) is 4.90 Å². The Morgan fingerprint density at radius 3 is 1.77 bits per heavy atom. The van der Waals surface area contributed by atoms with Crippen molar-refractivity contribution < 1.29 is 28.7 Å². The monoisotopic (exact) mass is 515 g/mol. The van der Waals surface area contributed by atoms with E-state index in [0.29, 0.717) is 22.7 Å². The van der Waals surface area contributed by atoms with Crippen molar-refractivity contribution in [3.05, 3.63) is 126 Å². The maximum absolute atomic E-state index is 14.0. The van der Waals surface area contributed by atoms with Crippen LogP contribution in [-0.4, -0.2) is 29.0 Å². The molecule has 0 saturated carbocycles. The van der Waals surface area contributed by atoms with Crippen LogP contribution in [0.2, 0.25) is 0 Å². The zero-order valence-electron chi connectivity index (χ0n) is 20.5. The molecule has 3 atom stereocenters. The highest BCUT2D eigenvalue weighted by Crippen LogP contribution is 2.57. The Bertz CT molecular complexity index is 1610. The molecule has 2 aliphatic heterocycles. The smallest absolute Gasteiger partial charge is 0.241 e. The van der Waals surface area contributed by atoms with Crippen LogP contribution in [0.1, 0.15) is 32.4 Å². The average Bonchev–Trinajstić information content (AvgIpc) is 3.54. The van der Waals surface area contributed by atoms with Crippen LogP contribution < -0.4 is 9.64 Å². The number of imide groups is 1. The van der Waals surface area contributed by atoms with Gasteiger partial charge in [-0.05, 0) is 42.0 Å². The molecule has 3 aliphatic rings. The molecule has 1 spiro atoms. The van der Waals surface area contributed by atoms with Crippen LogP contribution in [0.4, 0.5) is 5.69 Å². The van der Waals surface area contributed by atoms with Crippen molar-refractivity contribution in [1.82, 2.24) is 0 Å². The minimum Gasteiger partial charge on any atom is -0.457 e. The van der Waals surface area contributed by atoms with Gasteiger partial charge in [-0.1, -0.05) is 72.8 Å². The van der Waals surface area contributed by atoms with Crippen LogP contribution in [0, 0.1) is 11.8 Å². The molecule has 0 bridgehead atoms. The highest BCUT2D eigenvalue weighted by Gasteiger charge is 2.74. The van der Waals surface area contributed by atoms with Crippen LogP contribution in [0.15, 0.2) is 109 Å². The Labute approximate surface area is 223 Å². The maximum Gasteiger partial charge on any atom is 0.241 e. The van der Waals surface area contributed by atoms with E-state index >= 15 is 0 Å². The summed E-state index contributed by atoms with van der Waals surface area (Å²) in [7, 11) is 0. The molecule has 0 radical (unpaired) electrons. The third kappa shape index (κ3) is 3.26. The first-order valence-electron chi connectivity index (χ1n) is 12.6. The Balaban J connectivity index is 1.30. The Morgan fingerprint density at radius 2 is 1.15 bits per heavy atom. The van der Waals surface area contributed by atoms with E-state index in [-0.39, 0.29) is 11.1 Å². The van der Waals surface area contributed by atoms with Crippen molar-refractivity contribution in [1.29, 1.82) is 0 Å². The zero-order chi connectivity index (χ0) is 26.7. The first-order chi connectivity index (χ1) is 19.0. The average molecular weight is 516 g/mol. The van der Waals surface area contributed by atoms with E-state index in [2.05, 4.69) is 0 Å². The normalized spacial score (nSPS) is 22.9. The number of fused-ring (bicyclic) bond motifs is 3. The molecule has 7 nitrogen and oxygen atoms in total. The number of ketones is 2. The summed E-state index contributed by atoms with van der Waals surface area (Å²) in [6.45, 7) is 0. The molecule has 190 valence electrons. The Kier molecular flexibility index (Phi) is 5.11. The van der Waals surface area contributed by atoms with E-state index < -0.39 is 46.9 Å². The van der Waals surface area contributed by atoms with Crippen LogP contribution in [0.3, 0.4) is 0 Å². The number of hydrogen-bond donors (Lipinski definition) is 0. The number of para-hydroxylation sites is 1. The SMILES string of the molecule is O=C1[C@@H]2[C@@H](c3ccccc3)OC3(C(=O)c4ccccc4C3=O)[C@@H]2C(=O)N1c1ccc(Oc2ccccc2)cc1. The van der Waals surface area contributed by atoms with Gasteiger partial charge >= 0.3 is 0 Å². The molecule has 7 rings (SSSR count). The second-order valence-corrected chi connectivity index (χ2v) is 9.81. The van der Waals surface area contributed by atoms with Gasteiger partial charge in [0, 0.05) is 11.1 Å². The van der Waals surface area contributed by atoms with E-state index in [9.17, 15) is 19.2 Å². The number of amides is 2. The molecule has 4 aromatic carbocycles. The van der Waals surface area contributed by atoms with Gasteiger partial charge in [0.15, 0.2) is 0 Å². The summed E-state index contributed by atoms with van der Waals surface area (Å²) in [5, 5.41) is 0. The number of hydrogen-bond acceptors (Lipinski definition) is 6. The highest BCUT2D eigenvalue weighted by molar-refractivity contribution is 6.37. The summed E-state index contributed by atoms with van der Waals surface area (Å²) in [6.07, 6.45) is -0.944. The number of nitrogens with zero attached hydrogens (tertiary/aromatic N) is 1. The van der Waals surface area contributed by atoms with Gasteiger partial charge < -0.3 is 9.47 Å². The van der Waals surface area contributed by atoms with E-state index in [1.165, 1.54) is 0 Å². The van der Waals surface area contributed by atoms with Gasteiger partial charge in [-0.3, -0.25) is 19.2 Å². The molecule has 0 N–H and O–H groups in total. The van der Waals surface area contributed by atoms with Crippen molar-refractivity contribution in [3.63, 3.8) is 0 Å². The van der Waals surface area contributed by atoms with Crippen LogP contribution in [0.5, 0.6) is 11.5 Å². The molecule has 1 aliphatic carbocycles. The first kappa shape index (κ1) is 23.3. The second kappa shape index (κ2) is 8.58. The Morgan fingerprint density at radius 1 is 0.615 bits per heavy atom. The largest absolute Gasteiger partial charge is 0.457 e. The summed E-state index contributed by atoms with van der Waals surface area (Å²) < 4.78 is 12.1. The molecule has 2 fully saturated rings. The number of carbonyl (C=O) groups excluding carboxylic acids is 4. The molecule has 2 amide bonds. The van der Waals surface area contributed by atoms with Crippen molar-refractivity contribution >= 4 is 29.1 Å². The number of ether oxygens (including phenoxy) is 2. The van der Waals surface area contributed by atoms with Crippen molar-refractivity contribution in [3.8, 4) is 11.5 Å². The van der Waals surface area contributed by atoms with Gasteiger partial charge in [-0.15, -0.1) is 0 Å². The van der Waals surface area contributed by atoms with Crippen molar-refractivity contribution in [2.24, 2.45) is 11.8 Å². The van der Waals surface area contributed by atoms with Gasteiger partial charge in [0.2, 0.25) is 29.0 Å². The lowest BCUT2D eigenvalue weighted by Crippen LogP contribution is -2.51. The van der Waals surface area contributed by atoms with E-state index in [0.717, 1.165) is 4.90 Å². The molecular weight excluding hydrogens is 494 g/mol. The number of benzene rings is 4. The van der Waals surface area contributed by atoms with Crippen molar-refractivity contribution in [2.45, 2.75) is 11.7 Å². The van der Waals surface area contributed by atoms with Gasteiger partial charge in [0.1, 0.15) is 11.5 Å². The number of carbonyl (C=O) groups is 4. The molecule has 4 aromatic rings. The summed E-state index contributed by atoms with van der Waals surface area (Å²) >= 11 is 0. The lowest BCUT2D eigenvalue weighted by atomic mass is 9.77. The quantitative estimate of drug-likeness (QED) is 0.275. The summed E-state index contributed by atoms with van der Waals surface area (Å²) in [6, 6.07) is 31.2. The third-order valence-electron chi connectivity index (χ3n) is 7.72. The van der Waals surface area contributed by atoms with E-state index in [1.807, 2.05) is 36.4 Å². The predicted molar refractivity (Wildman–Crippen MR) is 141 cm³/mol. The van der Waals surface area contributed by atoms with Gasteiger partial charge in [-0.2, -0.15) is 0 Å². The van der Waals surface area contributed by atoms with E-state index in [4.69, 9.17) is 9.47 Å². The zero-order valence-corrected chi connectivity index (χ0v) is 20.5. The minimum absolute atomic E-state index is 0.205. The maximum atomic E-state index is 14.0. The molecule has 0 aromatic heterocycles. The minimum atomic E-state index is -2.09. The lowest BCUT2D eigenvalue weighted by molar-refractivity contribution is -0.127. The number of anilines is 1.